The highest BCUT2D eigenvalue weighted by molar-refractivity contribution is 9.10. The monoisotopic (exact) mass is 366 g/mol. The molecule has 2 aromatic rings. The van der Waals surface area contributed by atoms with Crippen LogP contribution in [0, 0.1) is 0 Å². The summed E-state index contributed by atoms with van der Waals surface area (Å²) in [6.45, 7) is 0. The van der Waals surface area contributed by atoms with E-state index in [1.54, 1.807) is 14.2 Å². The van der Waals surface area contributed by atoms with E-state index >= 15 is 0 Å². The summed E-state index contributed by atoms with van der Waals surface area (Å²) in [4.78, 5) is 0.323. The Morgan fingerprint density at radius 2 is 1.90 bits per heavy atom. The van der Waals surface area contributed by atoms with Crippen molar-refractivity contribution in [2.45, 2.75) is 0 Å². The van der Waals surface area contributed by atoms with Crippen LogP contribution in [0.15, 0.2) is 40.9 Å². The molecular weight excluding hydrogens is 352 g/mol. The van der Waals surface area contributed by atoms with Crippen molar-refractivity contribution < 1.29 is 9.47 Å². The van der Waals surface area contributed by atoms with Crippen LogP contribution in [0.5, 0.6) is 11.5 Å². The molecule has 4 nitrogen and oxygen atoms in total. The fraction of sp³-hybridized carbons (Fsp3) is 0.133. The smallest absolute Gasteiger partial charge is 0.135 e. The van der Waals surface area contributed by atoms with E-state index < -0.39 is 0 Å². The van der Waals surface area contributed by atoms with Crippen molar-refractivity contribution in [2.75, 3.05) is 19.5 Å². The molecule has 0 aromatic heterocycles. The van der Waals surface area contributed by atoms with Crippen molar-refractivity contribution in [3.8, 4) is 11.5 Å². The third-order valence-electron chi connectivity index (χ3n) is 2.92. The van der Waals surface area contributed by atoms with E-state index in [0.29, 0.717) is 4.99 Å². The zero-order chi connectivity index (χ0) is 15.4. The first-order chi connectivity index (χ1) is 10.0. The van der Waals surface area contributed by atoms with E-state index in [0.717, 1.165) is 32.9 Å². The molecule has 0 fully saturated rings. The summed E-state index contributed by atoms with van der Waals surface area (Å²) in [5, 5.41) is 3.28. The molecule has 0 radical (unpaired) electrons. The lowest BCUT2D eigenvalue weighted by Gasteiger charge is -2.14. The Labute approximate surface area is 137 Å². The summed E-state index contributed by atoms with van der Waals surface area (Å²) in [7, 11) is 3.23. The summed E-state index contributed by atoms with van der Waals surface area (Å²) in [5.74, 6) is 1.46. The molecule has 2 aromatic carbocycles. The Bertz CT molecular complexity index is 677. The summed E-state index contributed by atoms with van der Waals surface area (Å²) < 4.78 is 11.4. The molecule has 0 saturated heterocycles. The SMILES string of the molecule is COc1ccc(C(N)=S)c(Nc2ccc(Br)c(OC)c2)c1. The number of nitrogens with two attached hydrogens (primary N) is 1. The summed E-state index contributed by atoms with van der Waals surface area (Å²) in [5.41, 5.74) is 8.16. The maximum Gasteiger partial charge on any atom is 0.135 e. The zero-order valence-corrected chi connectivity index (χ0v) is 14.0. The number of thiocarbonyl (C=S) groups is 1. The van der Waals surface area contributed by atoms with E-state index in [9.17, 15) is 0 Å². The van der Waals surface area contributed by atoms with Crippen LogP contribution in [0.2, 0.25) is 0 Å². The van der Waals surface area contributed by atoms with E-state index in [-0.39, 0.29) is 0 Å². The number of halogens is 1. The molecule has 0 unspecified atom stereocenters. The van der Waals surface area contributed by atoms with Crippen LogP contribution in [-0.4, -0.2) is 19.2 Å². The van der Waals surface area contributed by atoms with Crippen molar-refractivity contribution >= 4 is 44.5 Å². The minimum atomic E-state index is 0.323. The van der Waals surface area contributed by atoms with Gasteiger partial charge in [-0.05, 0) is 40.2 Å². The molecule has 6 heteroatoms. The Morgan fingerprint density at radius 3 is 2.52 bits per heavy atom. The van der Waals surface area contributed by atoms with Crippen LogP contribution in [0.1, 0.15) is 5.56 Å². The Balaban J connectivity index is 2.40. The second-order valence-electron chi connectivity index (χ2n) is 4.25. The Hall–Kier alpha value is -1.79. The van der Waals surface area contributed by atoms with Crippen molar-refractivity contribution in [1.82, 2.24) is 0 Å². The second-order valence-corrected chi connectivity index (χ2v) is 5.54. The largest absolute Gasteiger partial charge is 0.497 e. The number of hydrogen-bond donors (Lipinski definition) is 2. The number of ether oxygens (including phenoxy) is 2. The highest BCUT2D eigenvalue weighted by Gasteiger charge is 2.09. The number of rotatable bonds is 5. The first-order valence-electron chi connectivity index (χ1n) is 6.13. The van der Waals surface area contributed by atoms with Gasteiger partial charge in [0.15, 0.2) is 0 Å². The molecule has 0 bridgehead atoms. The first kappa shape index (κ1) is 15.6. The summed E-state index contributed by atoms with van der Waals surface area (Å²) >= 11 is 8.50. The fourth-order valence-corrected chi connectivity index (χ4v) is 2.45. The minimum absolute atomic E-state index is 0.323. The van der Waals surface area contributed by atoms with Crippen molar-refractivity contribution in [1.29, 1.82) is 0 Å². The number of hydrogen-bond acceptors (Lipinski definition) is 4. The molecule has 0 aliphatic carbocycles. The fourth-order valence-electron chi connectivity index (χ4n) is 1.86. The van der Waals surface area contributed by atoms with Gasteiger partial charge in [-0.1, -0.05) is 12.2 Å². The molecule has 3 N–H and O–H groups in total. The van der Waals surface area contributed by atoms with Crippen LogP contribution in [-0.2, 0) is 0 Å². The number of anilines is 2. The van der Waals surface area contributed by atoms with Gasteiger partial charge in [0, 0.05) is 23.4 Å². The molecular formula is C15H15BrN2O2S. The molecule has 2 rings (SSSR count). The van der Waals surface area contributed by atoms with Gasteiger partial charge in [0.2, 0.25) is 0 Å². The van der Waals surface area contributed by atoms with Gasteiger partial charge in [-0.2, -0.15) is 0 Å². The van der Waals surface area contributed by atoms with Crippen LogP contribution >= 0.6 is 28.1 Å². The highest BCUT2D eigenvalue weighted by atomic mass is 79.9. The Morgan fingerprint density at radius 1 is 1.14 bits per heavy atom. The molecule has 0 amide bonds. The maximum absolute atomic E-state index is 5.76. The van der Waals surface area contributed by atoms with Crippen LogP contribution in [0.3, 0.4) is 0 Å². The third kappa shape index (κ3) is 3.65. The van der Waals surface area contributed by atoms with Gasteiger partial charge in [0.05, 0.1) is 24.4 Å². The van der Waals surface area contributed by atoms with Gasteiger partial charge in [-0.15, -0.1) is 0 Å². The molecule has 0 aliphatic rings. The van der Waals surface area contributed by atoms with Crippen molar-refractivity contribution in [3.63, 3.8) is 0 Å². The molecule has 110 valence electrons. The minimum Gasteiger partial charge on any atom is -0.497 e. The molecule has 0 spiro atoms. The second kappa shape index (κ2) is 6.78. The average Bonchev–Trinajstić information content (AvgIpc) is 2.48. The summed E-state index contributed by atoms with van der Waals surface area (Å²) in [6, 6.07) is 11.2. The lowest BCUT2D eigenvalue weighted by Crippen LogP contribution is -2.12. The number of benzene rings is 2. The van der Waals surface area contributed by atoms with Crippen LogP contribution in [0.25, 0.3) is 0 Å². The van der Waals surface area contributed by atoms with E-state index in [1.807, 2.05) is 36.4 Å². The topological polar surface area (TPSA) is 56.5 Å². The quantitative estimate of drug-likeness (QED) is 0.787. The first-order valence-corrected chi connectivity index (χ1v) is 7.33. The number of methoxy groups -OCH3 is 2. The van der Waals surface area contributed by atoms with E-state index in [2.05, 4.69) is 21.2 Å². The molecule has 0 heterocycles. The predicted molar refractivity (Wildman–Crippen MR) is 92.9 cm³/mol. The van der Waals surface area contributed by atoms with Crippen LogP contribution in [0.4, 0.5) is 11.4 Å². The average molecular weight is 367 g/mol. The lowest BCUT2D eigenvalue weighted by molar-refractivity contribution is 0.412. The predicted octanol–water partition coefficient (Wildman–Crippen LogP) is 3.84. The summed E-state index contributed by atoms with van der Waals surface area (Å²) in [6.07, 6.45) is 0. The van der Waals surface area contributed by atoms with Gasteiger partial charge < -0.3 is 20.5 Å². The lowest BCUT2D eigenvalue weighted by atomic mass is 10.1. The van der Waals surface area contributed by atoms with Crippen molar-refractivity contribution in [2.24, 2.45) is 5.73 Å². The van der Waals surface area contributed by atoms with Crippen LogP contribution < -0.4 is 20.5 Å². The molecule has 0 aliphatic heterocycles. The maximum atomic E-state index is 5.76. The van der Waals surface area contributed by atoms with Gasteiger partial charge in [-0.25, -0.2) is 0 Å². The zero-order valence-electron chi connectivity index (χ0n) is 11.6. The van der Waals surface area contributed by atoms with E-state index in [1.165, 1.54) is 0 Å². The number of nitrogens with one attached hydrogen (secondary N) is 1. The van der Waals surface area contributed by atoms with E-state index in [4.69, 9.17) is 27.4 Å². The third-order valence-corrected chi connectivity index (χ3v) is 3.80. The van der Waals surface area contributed by atoms with Gasteiger partial charge in [-0.3, -0.25) is 0 Å². The van der Waals surface area contributed by atoms with Gasteiger partial charge in [0.1, 0.15) is 16.5 Å². The molecule has 0 atom stereocenters. The Kier molecular flexibility index (Phi) is 5.03. The molecule has 21 heavy (non-hydrogen) atoms. The normalized spacial score (nSPS) is 10.0. The highest BCUT2D eigenvalue weighted by Crippen LogP contribution is 2.31. The molecule has 0 saturated carbocycles. The van der Waals surface area contributed by atoms with Gasteiger partial charge in [0.25, 0.3) is 0 Å². The van der Waals surface area contributed by atoms with Gasteiger partial charge >= 0.3 is 0 Å². The van der Waals surface area contributed by atoms with Crippen molar-refractivity contribution in [3.05, 3.63) is 46.4 Å². The standard InChI is InChI=1S/C15H15BrN2O2S/c1-19-10-4-5-11(15(17)21)13(8-10)18-9-3-6-12(16)14(7-9)20-2/h3-8,18H,1-2H3,(H2,17,21).